The molecule has 2 heterocycles. The Kier molecular flexibility index (Phi) is 7.85. The number of hydrogen-bond acceptors (Lipinski definition) is 8. The molecule has 10 heteroatoms. The summed E-state index contributed by atoms with van der Waals surface area (Å²) in [6, 6.07) is 15.0. The Bertz CT molecular complexity index is 1160. The van der Waals surface area contributed by atoms with Gasteiger partial charge in [-0.2, -0.15) is 4.98 Å². The van der Waals surface area contributed by atoms with E-state index in [1.807, 2.05) is 60.0 Å². The molecule has 33 heavy (non-hydrogen) atoms. The van der Waals surface area contributed by atoms with E-state index in [-0.39, 0.29) is 6.61 Å². The Balaban J connectivity index is 1.52. The minimum absolute atomic E-state index is 0.241. The molecule has 0 radical (unpaired) electrons. The standard InChI is InChI=1S/C23H24ClN5O3S/c1-3-5-20-25-22(32-28-20)15-33-23-27-26-21(29(23)17-8-6-16(24)7-9-17)14-31-19-12-10-18(11-13-19)30-4-2/h6-13H,3-5,14-15H2,1-2H3. The minimum atomic E-state index is 0.241. The fourth-order valence-electron chi connectivity index (χ4n) is 3.08. The lowest BCUT2D eigenvalue weighted by Gasteiger charge is -2.11. The highest BCUT2D eigenvalue weighted by Gasteiger charge is 2.17. The normalized spacial score (nSPS) is 11.0. The van der Waals surface area contributed by atoms with E-state index in [2.05, 4.69) is 27.3 Å². The van der Waals surface area contributed by atoms with Gasteiger partial charge in [-0.05, 0) is 61.9 Å². The fraction of sp³-hybridized carbons (Fsp3) is 0.304. The highest BCUT2D eigenvalue weighted by Crippen LogP contribution is 2.27. The van der Waals surface area contributed by atoms with E-state index < -0.39 is 0 Å². The van der Waals surface area contributed by atoms with Crippen LogP contribution in [0.4, 0.5) is 0 Å². The Morgan fingerprint density at radius 2 is 1.70 bits per heavy atom. The van der Waals surface area contributed by atoms with E-state index in [4.69, 9.17) is 25.6 Å². The second kappa shape index (κ2) is 11.2. The molecule has 0 bridgehead atoms. The van der Waals surface area contributed by atoms with E-state index >= 15 is 0 Å². The van der Waals surface area contributed by atoms with Gasteiger partial charge in [0.1, 0.15) is 18.1 Å². The van der Waals surface area contributed by atoms with Gasteiger partial charge in [-0.15, -0.1) is 10.2 Å². The number of halogens is 1. The zero-order chi connectivity index (χ0) is 23.0. The third-order valence-corrected chi connectivity index (χ3v) is 5.76. The number of aromatic nitrogens is 5. The third kappa shape index (κ3) is 6.06. The molecule has 8 nitrogen and oxygen atoms in total. The molecule has 4 aromatic rings. The van der Waals surface area contributed by atoms with Gasteiger partial charge in [-0.1, -0.05) is 35.4 Å². The van der Waals surface area contributed by atoms with Crippen molar-refractivity contribution in [2.45, 2.75) is 44.2 Å². The Morgan fingerprint density at radius 3 is 2.39 bits per heavy atom. The van der Waals surface area contributed by atoms with Gasteiger partial charge in [0.05, 0.1) is 12.4 Å². The smallest absolute Gasteiger partial charge is 0.237 e. The number of nitrogens with zero attached hydrogens (tertiary/aromatic N) is 5. The third-order valence-electron chi connectivity index (χ3n) is 4.60. The van der Waals surface area contributed by atoms with Crippen LogP contribution in [0.1, 0.15) is 37.8 Å². The van der Waals surface area contributed by atoms with Crippen LogP contribution in [0.25, 0.3) is 5.69 Å². The maximum absolute atomic E-state index is 6.09. The van der Waals surface area contributed by atoms with Crippen LogP contribution in [-0.4, -0.2) is 31.5 Å². The molecule has 0 atom stereocenters. The zero-order valence-electron chi connectivity index (χ0n) is 18.4. The van der Waals surface area contributed by atoms with Crippen LogP contribution < -0.4 is 9.47 Å². The van der Waals surface area contributed by atoms with Gasteiger partial charge in [-0.3, -0.25) is 4.57 Å². The quantitative estimate of drug-likeness (QED) is 0.256. The van der Waals surface area contributed by atoms with Crippen LogP contribution in [0.15, 0.2) is 58.2 Å². The summed E-state index contributed by atoms with van der Waals surface area (Å²) in [7, 11) is 0. The Morgan fingerprint density at radius 1 is 0.970 bits per heavy atom. The highest BCUT2D eigenvalue weighted by atomic mass is 35.5. The van der Waals surface area contributed by atoms with Crippen LogP contribution in [0.2, 0.25) is 5.02 Å². The summed E-state index contributed by atoms with van der Waals surface area (Å²) in [6.45, 7) is 4.89. The summed E-state index contributed by atoms with van der Waals surface area (Å²) in [5.41, 5.74) is 0.884. The van der Waals surface area contributed by atoms with Gasteiger partial charge in [0, 0.05) is 17.1 Å². The first-order valence-corrected chi connectivity index (χ1v) is 12.0. The number of ether oxygens (including phenoxy) is 2. The van der Waals surface area contributed by atoms with Crippen LogP contribution in [0, 0.1) is 0 Å². The molecule has 2 aromatic heterocycles. The summed E-state index contributed by atoms with van der Waals surface area (Å²) in [4.78, 5) is 4.42. The largest absolute Gasteiger partial charge is 0.494 e. The molecule has 0 aliphatic heterocycles. The molecule has 0 aliphatic carbocycles. The second-order valence-corrected chi connectivity index (χ2v) is 8.43. The number of thioether (sulfide) groups is 1. The number of benzene rings is 2. The molecule has 0 spiro atoms. The Hall–Kier alpha value is -3.04. The van der Waals surface area contributed by atoms with E-state index in [1.54, 1.807) is 0 Å². The Labute approximate surface area is 201 Å². The van der Waals surface area contributed by atoms with E-state index in [0.29, 0.717) is 40.0 Å². The molecule has 0 unspecified atom stereocenters. The zero-order valence-corrected chi connectivity index (χ0v) is 20.0. The average molecular weight is 486 g/mol. The molecule has 0 N–H and O–H groups in total. The lowest BCUT2D eigenvalue weighted by molar-refractivity contribution is 0.291. The second-order valence-electron chi connectivity index (χ2n) is 7.05. The molecular formula is C23H24ClN5O3S. The predicted molar refractivity (Wildman–Crippen MR) is 126 cm³/mol. The predicted octanol–water partition coefficient (Wildman–Crippen LogP) is 5.53. The molecule has 0 saturated heterocycles. The first-order chi connectivity index (χ1) is 16.2. The topological polar surface area (TPSA) is 88.1 Å². The summed E-state index contributed by atoms with van der Waals surface area (Å²) in [6.07, 6.45) is 1.76. The van der Waals surface area contributed by atoms with Crippen molar-refractivity contribution in [3.63, 3.8) is 0 Å². The molecule has 0 fully saturated rings. The number of aryl methyl sites for hydroxylation is 1. The molecule has 0 amide bonds. The maximum atomic E-state index is 6.09. The summed E-state index contributed by atoms with van der Waals surface area (Å²) in [5, 5.41) is 14.1. The van der Waals surface area contributed by atoms with Gasteiger partial charge in [0.25, 0.3) is 0 Å². The van der Waals surface area contributed by atoms with Crippen molar-refractivity contribution in [1.82, 2.24) is 24.9 Å². The van der Waals surface area contributed by atoms with Crippen molar-refractivity contribution in [2.24, 2.45) is 0 Å². The van der Waals surface area contributed by atoms with Crippen molar-refractivity contribution >= 4 is 23.4 Å². The average Bonchev–Trinajstić information content (AvgIpc) is 3.45. The van der Waals surface area contributed by atoms with Crippen molar-refractivity contribution in [3.8, 4) is 17.2 Å². The van der Waals surface area contributed by atoms with Gasteiger partial charge >= 0.3 is 0 Å². The van der Waals surface area contributed by atoms with Gasteiger partial charge < -0.3 is 14.0 Å². The molecule has 4 rings (SSSR count). The van der Waals surface area contributed by atoms with E-state index in [9.17, 15) is 0 Å². The molecule has 0 aliphatic rings. The summed E-state index contributed by atoms with van der Waals surface area (Å²) in [5.74, 6) is 3.94. The van der Waals surface area contributed by atoms with E-state index in [1.165, 1.54) is 11.8 Å². The van der Waals surface area contributed by atoms with Crippen LogP contribution in [0.5, 0.6) is 11.5 Å². The summed E-state index contributed by atoms with van der Waals surface area (Å²) >= 11 is 7.56. The lowest BCUT2D eigenvalue weighted by Crippen LogP contribution is -2.06. The van der Waals surface area contributed by atoms with Crippen molar-refractivity contribution in [3.05, 3.63) is 71.1 Å². The molecule has 2 aromatic carbocycles. The highest BCUT2D eigenvalue weighted by molar-refractivity contribution is 7.98. The lowest BCUT2D eigenvalue weighted by atomic mass is 10.3. The molecule has 172 valence electrons. The number of hydrogen-bond donors (Lipinski definition) is 0. The first kappa shape index (κ1) is 23.1. The summed E-state index contributed by atoms with van der Waals surface area (Å²) < 4.78 is 18.7. The van der Waals surface area contributed by atoms with Gasteiger partial charge in [0.2, 0.25) is 5.89 Å². The fourth-order valence-corrected chi connectivity index (χ4v) is 4.02. The van der Waals surface area contributed by atoms with Crippen molar-refractivity contribution in [2.75, 3.05) is 6.61 Å². The van der Waals surface area contributed by atoms with Crippen molar-refractivity contribution in [1.29, 1.82) is 0 Å². The number of rotatable bonds is 11. The van der Waals surface area contributed by atoms with Crippen LogP contribution >= 0.6 is 23.4 Å². The van der Waals surface area contributed by atoms with Crippen LogP contribution in [0.3, 0.4) is 0 Å². The SMILES string of the molecule is CCCc1noc(CSc2nnc(COc3ccc(OCC)cc3)n2-c2ccc(Cl)cc2)n1. The first-order valence-electron chi connectivity index (χ1n) is 10.7. The van der Waals surface area contributed by atoms with Gasteiger partial charge in [-0.25, -0.2) is 0 Å². The van der Waals surface area contributed by atoms with E-state index in [0.717, 1.165) is 30.1 Å². The van der Waals surface area contributed by atoms with Crippen LogP contribution in [-0.2, 0) is 18.8 Å². The monoisotopic (exact) mass is 485 g/mol. The van der Waals surface area contributed by atoms with Crippen molar-refractivity contribution < 1.29 is 14.0 Å². The molecule has 0 saturated carbocycles. The minimum Gasteiger partial charge on any atom is -0.494 e. The maximum Gasteiger partial charge on any atom is 0.237 e. The molecular weight excluding hydrogens is 462 g/mol. The van der Waals surface area contributed by atoms with Gasteiger partial charge in [0.15, 0.2) is 16.8 Å².